The third-order valence-corrected chi connectivity index (χ3v) is 4.46. The first kappa shape index (κ1) is 20.9. The van der Waals surface area contributed by atoms with Crippen LogP contribution in [0.2, 0.25) is 0 Å². The van der Waals surface area contributed by atoms with Crippen molar-refractivity contribution in [3.8, 4) is 28.5 Å². The van der Waals surface area contributed by atoms with Crippen LogP contribution in [-0.2, 0) is 18.4 Å². The Kier molecular flexibility index (Phi) is 6.69. The van der Waals surface area contributed by atoms with E-state index in [1.54, 1.807) is 56.6 Å². The summed E-state index contributed by atoms with van der Waals surface area (Å²) in [5.41, 5.74) is 3.48. The molecule has 0 aliphatic rings. The summed E-state index contributed by atoms with van der Waals surface area (Å²) in [6.07, 6.45) is 6.60. The molecule has 0 unspecified atom stereocenters. The van der Waals surface area contributed by atoms with Crippen molar-refractivity contribution in [2.24, 2.45) is 7.05 Å². The molecule has 0 spiro atoms. The summed E-state index contributed by atoms with van der Waals surface area (Å²) in [6.45, 7) is 0.317. The van der Waals surface area contributed by atoms with Gasteiger partial charge in [0.25, 0.3) is 0 Å². The fourth-order valence-electron chi connectivity index (χ4n) is 3.01. The first-order valence-corrected chi connectivity index (χ1v) is 9.25. The highest BCUT2D eigenvalue weighted by Crippen LogP contribution is 2.38. The molecule has 0 saturated carbocycles. The Bertz CT molecular complexity index is 1020. The van der Waals surface area contributed by atoms with Gasteiger partial charge in [-0.3, -0.25) is 14.5 Å². The molecule has 1 amide bonds. The SMILES string of the molecule is COc1cc(/C=C/C(=O)NCc2cc(-c3ccncc3)n(C)n2)cc(OC)c1OC. The van der Waals surface area contributed by atoms with E-state index in [0.29, 0.717) is 23.8 Å². The van der Waals surface area contributed by atoms with Crippen molar-refractivity contribution < 1.29 is 19.0 Å². The molecule has 156 valence electrons. The Balaban J connectivity index is 1.66. The van der Waals surface area contributed by atoms with Crippen LogP contribution >= 0.6 is 0 Å². The van der Waals surface area contributed by atoms with Gasteiger partial charge in [-0.1, -0.05) is 0 Å². The largest absolute Gasteiger partial charge is 0.493 e. The second kappa shape index (κ2) is 9.60. The molecule has 8 nitrogen and oxygen atoms in total. The van der Waals surface area contributed by atoms with Crippen molar-refractivity contribution in [2.75, 3.05) is 21.3 Å². The molecular formula is C22H24N4O4. The van der Waals surface area contributed by atoms with Crippen LogP contribution in [0.1, 0.15) is 11.3 Å². The number of aromatic nitrogens is 3. The number of ether oxygens (including phenoxy) is 3. The van der Waals surface area contributed by atoms with Gasteiger partial charge in [-0.25, -0.2) is 0 Å². The first-order chi connectivity index (χ1) is 14.5. The van der Waals surface area contributed by atoms with E-state index < -0.39 is 0 Å². The molecule has 3 aromatic rings. The van der Waals surface area contributed by atoms with Gasteiger partial charge in [-0.15, -0.1) is 0 Å². The molecule has 1 N–H and O–H groups in total. The van der Waals surface area contributed by atoms with Gasteiger partial charge < -0.3 is 19.5 Å². The van der Waals surface area contributed by atoms with Gasteiger partial charge in [0.15, 0.2) is 11.5 Å². The number of carbonyl (C=O) groups excluding carboxylic acids is 1. The Hall–Kier alpha value is -3.81. The summed E-state index contributed by atoms with van der Waals surface area (Å²) >= 11 is 0. The number of hydrogen-bond acceptors (Lipinski definition) is 6. The fourth-order valence-corrected chi connectivity index (χ4v) is 3.01. The van der Waals surface area contributed by atoms with Crippen molar-refractivity contribution in [3.05, 3.63) is 60.1 Å². The normalized spacial score (nSPS) is 10.8. The lowest BCUT2D eigenvalue weighted by molar-refractivity contribution is -0.116. The molecule has 0 aliphatic carbocycles. The van der Waals surface area contributed by atoms with Gasteiger partial charge in [-0.05, 0) is 42.0 Å². The van der Waals surface area contributed by atoms with Gasteiger partial charge in [0, 0.05) is 31.1 Å². The van der Waals surface area contributed by atoms with E-state index >= 15 is 0 Å². The van der Waals surface area contributed by atoms with Crippen LogP contribution < -0.4 is 19.5 Å². The number of hydrogen-bond donors (Lipinski definition) is 1. The number of rotatable bonds is 8. The van der Waals surface area contributed by atoms with Gasteiger partial charge >= 0.3 is 0 Å². The van der Waals surface area contributed by atoms with E-state index in [4.69, 9.17) is 14.2 Å². The summed E-state index contributed by atoms with van der Waals surface area (Å²) in [7, 11) is 6.50. The van der Waals surface area contributed by atoms with E-state index in [-0.39, 0.29) is 5.91 Å². The number of aryl methyl sites for hydroxylation is 1. The van der Waals surface area contributed by atoms with Crippen molar-refractivity contribution in [1.82, 2.24) is 20.1 Å². The summed E-state index contributed by atoms with van der Waals surface area (Å²) in [5.74, 6) is 1.31. The highest BCUT2D eigenvalue weighted by Gasteiger charge is 2.12. The maximum atomic E-state index is 12.3. The minimum Gasteiger partial charge on any atom is -0.493 e. The van der Waals surface area contributed by atoms with Crippen LogP contribution in [0.4, 0.5) is 0 Å². The van der Waals surface area contributed by atoms with Crippen LogP contribution in [0.15, 0.2) is 48.8 Å². The number of pyridine rings is 1. The molecule has 0 atom stereocenters. The van der Waals surface area contributed by atoms with Crippen LogP contribution in [0.3, 0.4) is 0 Å². The van der Waals surface area contributed by atoms with Crippen molar-refractivity contribution >= 4 is 12.0 Å². The lowest BCUT2D eigenvalue weighted by atomic mass is 10.1. The molecule has 2 aromatic heterocycles. The fraction of sp³-hybridized carbons (Fsp3) is 0.227. The quantitative estimate of drug-likeness (QED) is 0.577. The van der Waals surface area contributed by atoms with Gasteiger partial charge in [0.2, 0.25) is 11.7 Å². The van der Waals surface area contributed by atoms with Crippen LogP contribution in [0, 0.1) is 0 Å². The summed E-state index contributed by atoms with van der Waals surface area (Å²) in [6, 6.07) is 9.31. The maximum absolute atomic E-state index is 12.3. The van der Waals surface area contributed by atoms with Crippen molar-refractivity contribution in [3.63, 3.8) is 0 Å². The first-order valence-electron chi connectivity index (χ1n) is 9.25. The predicted molar refractivity (Wildman–Crippen MR) is 113 cm³/mol. The number of nitrogens with zero attached hydrogens (tertiary/aromatic N) is 3. The molecule has 0 aliphatic heterocycles. The smallest absolute Gasteiger partial charge is 0.244 e. The number of amides is 1. The molecule has 1 aromatic carbocycles. The van der Waals surface area contributed by atoms with Crippen molar-refractivity contribution in [2.45, 2.75) is 6.54 Å². The predicted octanol–water partition coefficient (Wildman–Crippen LogP) is 2.84. The number of nitrogens with one attached hydrogen (secondary N) is 1. The highest BCUT2D eigenvalue weighted by molar-refractivity contribution is 5.91. The summed E-state index contributed by atoms with van der Waals surface area (Å²) in [5, 5.41) is 7.29. The van der Waals surface area contributed by atoms with E-state index in [2.05, 4.69) is 15.4 Å². The molecule has 2 heterocycles. The standard InChI is InChI=1S/C22H24N4O4/c1-26-18(16-7-9-23-10-8-16)13-17(25-26)14-24-21(27)6-5-15-11-19(28-2)22(30-4)20(12-15)29-3/h5-13H,14H2,1-4H3,(H,24,27)/b6-5+. The highest BCUT2D eigenvalue weighted by atomic mass is 16.5. The molecule has 0 radical (unpaired) electrons. The molecule has 3 rings (SSSR count). The van der Waals surface area contributed by atoms with Crippen molar-refractivity contribution in [1.29, 1.82) is 0 Å². The number of methoxy groups -OCH3 is 3. The average Bonchev–Trinajstić information content (AvgIpc) is 3.16. The molecule has 30 heavy (non-hydrogen) atoms. The number of benzene rings is 1. The Labute approximate surface area is 175 Å². The molecular weight excluding hydrogens is 384 g/mol. The maximum Gasteiger partial charge on any atom is 0.244 e. The zero-order valence-electron chi connectivity index (χ0n) is 17.4. The summed E-state index contributed by atoms with van der Waals surface area (Å²) < 4.78 is 17.7. The van der Waals surface area contributed by atoms with Crippen LogP contribution in [-0.4, -0.2) is 42.0 Å². The zero-order chi connectivity index (χ0) is 21.5. The van der Waals surface area contributed by atoms with E-state index in [0.717, 1.165) is 22.5 Å². The third kappa shape index (κ3) is 4.78. The Morgan fingerprint density at radius 3 is 2.33 bits per heavy atom. The second-order valence-electron chi connectivity index (χ2n) is 6.39. The average molecular weight is 408 g/mol. The molecule has 0 fully saturated rings. The second-order valence-corrected chi connectivity index (χ2v) is 6.39. The van der Waals surface area contributed by atoms with Crippen LogP contribution in [0.25, 0.3) is 17.3 Å². The summed E-state index contributed by atoms with van der Waals surface area (Å²) in [4.78, 5) is 16.3. The molecule has 0 bridgehead atoms. The molecule has 0 saturated heterocycles. The zero-order valence-corrected chi connectivity index (χ0v) is 17.4. The number of carbonyl (C=O) groups is 1. The van der Waals surface area contributed by atoms with Gasteiger partial charge in [0.05, 0.1) is 39.3 Å². The van der Waals surface area contributed by atoms with E-state index in [1.807, 2.05) is 25.2 Å². The van der Waals surface area contributed by atoms with E-state index in [1.165, 1.54) is 6.08 Å². The Morgan fingerprint density at radius 1 is 1.07 bits per heavy atom. The topological polar surface area (TPSA) is 87.5 Å². The van der Waals surface area contributed by atoms with Crippen LogP contribution in [0.5, 0.6) is 17.2 Å². The minimum atomic E-state index is -0.236. The van der Waals surface area contributed by atoms with E-state index in [9.17, 15) is 4.79 Å². The third-order valence-electron chi connectivity index (χ3n) is 4.46. The lowest BCUT2D eigenvalue weighted by Gasteiger charge is -2.12. The minimum absolute atomic E-state index is 0.236. The van der Waals surface area contributed by atoms with Gasteiger partial charge in [0.1, 0.15) is 0 Å². The van der Waals surface area contributed by atoms with Gasteiger partial charge in [-0.2, -0.15) is 5.10 Å². The molecule has 8 heteroatoms. The monoisotopic (exact) mass is 408 g/mol. The Morgan fingerprint density at radius 2 is 1.73 bits per heavy atom. The lowest BCUT2D eigenvalue weighted by Crippen LogP contribution is -2.20.